The normalized spacial score (nSPS) is 50.7. The Bertz CT molecular complexity index is 364. The predicted octanol–water partition coefficient (Wildman–Crippen LogP) is 1.77. The van der Waals surface area contributed by atoms with Crippen LogP contribution in [0.25, 0.3) is 0 Å². The average Bonchev–Trinajstić information content (AvgIpc) is 2.35. The summed E-state index contributed by atoms with van der Waals surface area (Å²) in [5, 5.41) is 0. The van der Waals surface area contributed by atoms with E-state index in [1.54, 1.807) is 10.5 Å². The van der Waals surface area contributed by atoms with Crippen LogP contribution in [0.15, 0.2) is 11.6 Å². The number of hydrogen-bond acceptors (Lipinski definition) is 1. The molecule has 2 heterocycles. The zero-order valence-electron chi connectivity index (χ0n) is 13.0. The van der Waals surface area contributed by atoms with Crippen molar-refractivity contribution in [1.82, 2.24) is 0 Å². The fourth-order valence-corrected chi connectivity index (χ4v) is 5.02. The number of fused-ring (bicyclic) bond motifs is 2. The summed E-state index contributed by atoms with van der Waals surface area (Å²) < 4.78 is 6.39. The smallest absolute Gasteiger partial charge is 0.0822 e. The summed E-state index contributed by atoms with van der Waals surface area (Å²) in [6.45, 7) is 10.8. The Kier molecular flexibility index (Phi) is 3.74. The highest BCUT2D eigenvalue weighted by Crippen LogP contribution is 2.46. The molecular formula is C17H30NO+. The molecule has 3 rings (SSSR count). The van der Waals surface area contributed by atoms with Gasteiger partial charge in [0.2, 0.25) is 0 Å². The third-order valence-corrected chi connectivity index (χ3v) is 6.06. The largest absolute Gasteiger partial charge is 0.377 e. The van der Waals surface area contributed by atoms with E-state index in [-0.39, 0.29) is 0 Å². The number of ether oxygens (including phenoxy) is 1. The quantitative estimate of drug-likeness (QED) is 0.713. The molecule has 0 aromatic carbocycles. The van der Waals surface area contributed by atoms with E-state index in [0.717, 1.165) is 24.4 Å². The van der Waals surface area contributed by atoms with E-state index in [1.165, 1.54) is 25.9 Å². The van der Waals surface area contributed by atoms with Crippen LogP contribution in [0.2, 0.25) is 0 Å². The van der Waals surface area contributed by atoms with Crippen molar-refractivity contribution in [2.24, 2.45) is 29.6 Å². The van der Waals surface area contributed by atoms with E-state index in [9.17, 15) is 0 Å². The van der Waals surface area contributed by atoms with Crippen LogP contribution >= 0.6 is 0 Å². The minimum absolute atomic E-state index is 0.491. The summed E-state index contributed by atoms with van der Waals surface area (Å²) >= 11 is 0. The van der Waals surface area contributed by atoms with Gasteiger partial charge in [0, 0.05) is 11.8 Å². The SMILES string of the molecule is CC1=C[C@H](C)[C@H]2CO[C@H](C3CCC[NH+](C)C3)[C@H]1[C@@H]2C. The van der Waals surface area contributed by atoms with E-state index >= 15 is 0 Å². The maximum absolute atomic E-state index is 6.39. The van der Waals surface area contributed by atoms with E-state index < -0.39 is 0 Å². The van der Waals surface area contributed by atoms with Gasteiger partial charge in [-0.15, -0.1) is 0 Å². The minimum Gasteiger partial charge on any atom is -0.377 e. The van der Waals surface area contributed by atoms with Crippen LogP contribution in [0.3, 0.4) is 0 Å². The van der Waals surface area contributed by atoms with Gasteiger partial charge in [0.05, 0.1) is 32.8 Å². The average molecular weight is 264 g/mol. The Hall–Kier alpha value is -0.340. The molecule has 2 bridgehead atoms. The van der Waals surface area contributed by atoms with Crippen LogP contribution in [0.4, 0.5) is 0 Å². The first kappa shape index (κ1) is 13.6. The van der Waals surface area contributed by atoms with E-state index in [0.29, 0.717) is 17.9 Å². The van der Waals surface area contributed by atoms with Crippen molar-refractivity contribution in [3.63, 3.8) is 0 Å². The van der Waals surface area contributed by atoms with Gasteiger partial charge in [-0.3, -0.25) is 0 Å². The molecule has 2 nitrogen and oxygen atoms in total. The second kappa shape index (κ2) is 5.21. The number of rotatable bonds is 1. The molecule has 108 valence electrons. The molecule has 19 heavy (non-hydrogen) atoms. The lowest BCUT2D eigenvalue weighted by molar-refractivity contribution is -0.889. The summed E-state index contributed by atoms with van der Waals surface area (Å²) in [5.41, 5.74) is 1.60. The highest BCUT2D eigenvalue weighted by molar-refractivity contribution is 5.17. The minimum atomic E-state index is 0.491. The summed E-state index contributed by atoms with van der Waals surface area (Å²) in [7, 11) is 2.34. The van der Waals surface area contributed by atoms with Crippen LogP contribution in [-0.4, -0.2) is 32.8 Å². The second-order valence-electron chi connectivity index (χ2n) is 7.43. The van der Waals surface area contributed by atoms with Crippen LogP contribution in [-0.2, 0) is 4.74 Å². The molecule has 3 aliphatic rings. The topological polar surface area (TPSA) is 13.7 Å². The lowest BCUT2D eigenvalue weighted by Crippen LogP contribution is -3.11. The molecule has 7 atom stereocenters. The highest BCUT2D eigenvalue weighted by Gasteiger charge is 2.46. The van der Waals surface area contributed by atoms with Crippen molar-refractivity contribution < 1.29 is 9.64 Å². The molecule has 2 unspecified atom stereocenters. The Balaban J connectivity index is 1.81. The van der Waals surface area contributed by atoms with Crippen LogP contribution in [0.1, 0.15) is 33.6 Å². The first-order chi connectivity index (χ1) is 9.08. The van der Waals surface area contributed by atoms with Gasteiger partial charge in [-0.1, -0.05) is 25.5 Å². The van der Waals surface area contributed by atoms with Crippen LogP contribution in [0, 0.1) is 29.6 Å². The molecule has 2 fully saturated rings. The molecule has 2 saturated heterocycles. The lowest BCUT2D eigenvalue weighted by atomic mass is 9.63. The van der Waals surface area contributed by atoms with Crippen LogP contribution in [0.5, 0.6) is 0 Å². The maximum Gasteiger partial charge on any atom is 0.0822 e. The molecule has 0 aromatic heterocycles. The Morgan fingerprint density at radius 3 is 2.84 bits per heavy atom. The molecule has 1 aliphatic carbocycles. The molecule has 0 aromatic rings. The fourth-order valence-electron chi connectivity index (χ4n) is 5.02. The molecule has 2 aliphatic heterocycles. The Morgan fingerprint density at radius 2 is 2.11 bits per heavy atom. The monoisotopic (exact) mass is 264 g/mol. The van der Waals surface area contributed by atoms with Gasteiger partial charge in [-0.2, -0.15) is 0 Å². The lowest BCUT2D eigenvalue weighted by Gasteiger charge is -2.50. The third kappa shape index (κ3) is 2.38. The maximum atomic E-state index is 6.39. The first-order valence-corrected chi connectivity index (χ1v) is 8.19. The molecule has 0 radical (unpaired) electrons. The summed E-state index contributed by atoms with van der Waals surface area (Å²) in [6, 6.07) is 0. The van der Waals surface area contributed by atoms with Crippen molar-refractivity contribution in [1.29, 1.82) is 0 Å². The van der Waals surface area contributed by atoms with E-state index in [2.05, 4.69) is 33.9 Å². The number of hydrogen-bond donors (Lipinski definition) is 1. The van der Waals surface area contributed by atoms with Gasteiger partial charge < -0.3 is 9.64 Å². The van der Waals surface area contributed by atoms with E-state index in [4.69, 9.17) is 4.74 Å². The molecule has 0 spiro atoms. The van der Waals surface area contributed by atoms with Gasteiger partial charge in [0.25, 0.3) is 0 Å². The molecule has 2 heteroatoms. The van der Waals surface area contributed by atoms with Crippen molar-refractivity contribution in [3.05, 3.63) is 11.6 Å². The zero-order chi connectivity index (χ0) is 13.6. The van der Waals surface area contributed by atoms with Gasteiger partial charge >= 0.3 is 0 Å². The molecular weight excluding hydrogens is 234 g/mol. The summed E-state index contributed by atoms with van der Waals surface area (Å²) in [5.74, 6) is 3.72. The van der Waals surface area contributed by atoms with Gasteiger partial charge in [-0.25, -0.2) is 0 Å². The Labute approximate surface area is 118 Å². The summed E-state index contributed by atoms with van der Waals surface area (Å²) in [4.78, 5) is 1.69. The second-order valence-corrected chi connectivity index (χ2v) is 7.43. The van der Waals surface area contributed by atoms with Crippen molar-refractivity contribution in [2.75, 3.05) is 26.7 Å². The third-order valence-electron chi connectivity index (χ3n) is 6.06. The summed E-state index contributed by atoms with van der Waals surface area (Å²) in [6.07, 6.45) is 5.77. The predicted molar refractivity (Wildman–Crippen MR) is 78.1 cm³/mol. The van der Waals surface area contributed by atoms with E-state index in [1.807, 2.05) is 0 Å². The number of allylic oxidation sites excluding steroid dienone is 1. The number of likely N-dealkylation sites (tertiary alicyclic amines) is 1. The molecule has 0 amide bonds. The number of nitrogens with one attached hydrogen (secondary N) is 1. The molecule has 0 saturated carbocycles. The van der Waals surface area contributed by atoms with Crippen molar-refractivity contribution in [2.45, 2.75) is 39.7 Å². The zero-order valence-corrected chi connectivity index (χ0v) is 13.0. The van der Waals surface area contributed by atoms with Gasteiger partial charge in [-0.05, 0) is 37.5 Å². The fraction of sp³-hybridized carbons (Fsp3) is 0.882. The van der Waals surface area contributed by atoms with Crippen molar-refractivity contribution >= 4 is 0 Å². The Morgan fingerprint density at radius 1 is 1.32 bits per heavy atom. The molecule has 1 N–H and O–H groups in total. The number of piperidine rings is 1. The first-order valence-electron chi connectivity index (χ1n) is 8.19. The highest BCUT2D eigenvalue weighted by atomic mass is 16.5. The standard InChI is InChI=1S/C17H29NO/c1-11-8-12(2)16-13(3)15(11)10-19-17(16)14-6-5-7-18(4)9-14/h8,11,13-17H,5-7,9-10H2,1-4H3/p+1/t11-,13+,14?,15+,16+,17+/m0/s1. The van der Waals surface area contributed by atoms with Gasteiger partial charge in [0.1, 0.15) is 0 Å². The van der Waals surface area contributed by atoms with Crippen molar-refractivity contribution in [3.8, 4) is 0 Å². The van der Waals surface area contributed by atoms with Gasteiger partial charge in [0.15, 0.2) is 0 Å². The number of quaternary nitrogens is 1. The van der Waals surface area contributed by atoms with Crippen LogP contribution < -0.4 is 4.90 Å².